The summed E-state index contributed by atoms with van der Waals surface area (Å²) in [6.07, 6.45) is 12.2. The number of benzene rings is 2. The zero-order chi connectivity index (χ0) is 58.3. The van der Waals surface area contributed by atoms with E-state index in [1.165, 1.54) is 29.8 Å². The second-order valence-electron chi connectivity index (χ2n) is 26.0. The summed E-state index contributed by atoms with van der Waals surface area (Å²) >= 11 is 0. The smallest absolute Gasteiger partial charge is 0.343 e. The van der Waals surface area contributed by atoms with Crippen molar-refractivity contribution in [3.8, 4) is 23.0 Å². The maximum Gasteiger partial charge on any atom is 0.343 e. The molecule has 5 saturated heterocycles. The van der Waals surface area contributed by atoms with Gasteiger partial charge in [-0.05, 0) is 157 Å². The van der Waals surface area contributed by atoms with E-state index in [9.17, 15) is 19.8 Å². The molecule has 10 aliphatic rings. The van der Waals surface area contributed by atoms with Crippen LogP contribution < -0.4 is 29.8 Å². The van der Waals surface area contributed by atoms with E-state index >= 15 is 9.59 Å². The van der Waals surface area contributed by atoms with Crippen LogP contribution in [0.5, 0.6) is 23.0 Å². The Morgan fingerprint density at radius 2 is 1.51 bits per heavy atom. The summed E-state index contributed by atoms with van der Waals surface area (Å²) < 4.78 is 52.8. The summed E-state index contributed by atoms with van der Waals surface area (Å²) in [6, 6.07) is 5.37. The van der Waals surface area contributed by atoms with Crippen molar-refractivity contribution < 1.29 is 67.3 Å². The molecule has 4 bridgehead atoms. The Kier molecular flexibility index (Phi) is 15.9. The Bertz CT molecular complexity index is 2960. The monoisotopic (exact) mass is 1130 g/mol. The number of nitrogens with one attached hydrogen (secondary N) is 2. The number of carbonyl (C=O) groups excluding carboxylic acids is 4. The summed E-state index contributed by atoms with van der Waals surface area (Å²) in [5.74, 6) is -3.97. The summed E-state index contributed by atoms with van der Waals surface area (Å²) in [6.45, 7) is 22.3. The number of amides is 1. The van der Waals surface area contributed by atoms with Crippen molar-refractivity contribution >= 4 is 29.5 Å². The second-order valence-corrected chi connectivity index (χ2v) is 26.0. The van der Waals surface area contributed by atoms with Gasteiger partial charge in [0.05, 0.1) is 29.3 Å². The molecule has 3 saturated carbocycles. The summed E-state index contributed by atoms with van der Waals surface area (Å²) in [4.78, 5) is 61.7. The largest absolute Gasteiger partial charge is 0.482 e. The van der Waals surface area contributed by atoms with E-state index in [1.807, 2.05) is 51.8 Å². The molecule has 3 aliphatic carbocycles. The van der Waals surface area contributed by atoms with Gasteiger partial charge in [0.25, 0.3) is 5.91 Å². The average Bonchev–Trinajstić information content (AvgIpc) is 1.37. The maximum absolute atomic E-state index is 16.8. The molecule has 0 aromatic heterocycles. The summed E-state index contributed by atoms with van der Waals surface area (Å²) in [5.41, 5.74) is 5.47. The fourth-order valence-electron chi connectivity index (χ4n) is 14.4. The number of aliphatic hydroxyl groups is 2. The molecule has 18 heteroatoms. The van der Waals surface area contributed by atoms with Crippen LogP contribution in [-0.4, -0.2) is 141 Å². The zero-order valence-electron chi connectivity index (χ0n) is 49.4. The van der Waals surface area contributed by atoms with Gasteiger partial charge in [-0.3, -0.25) is 25.2 Å². The number of hydrazine groups is 2. The van der Waals surface area contributed by atoms with E-state index in [2.05, 4.69) is 41.9 Å². The highest BCUT2D eigenvalue weighted by Crippen LogP contribution is 2.70. The van der Waals surface area contributed by atoms with Gasteiger partial charge >= 0.3 is 5.97 Å². The zero-order valence-corrected chi connectivity index (χ0v) is 49.4. The van der Waals surface area contributed by atoms with E-state index in [1.54, 1.807) is 26.8 Å². The van der Waals surface area contributed by atoms with Crippen molar-refractivity contribution in [2.75, 3.05) is 32.8 Å². The highest BCUT2D eigenvalue weighted by atomic mass is 16.8. The molecule has 12 atom stereocenters. The molecule has 18 nitrogen and oxygen atoms in total. The van der Waals surface area contributed by atoms with E-state index in [0.29, 0.717) is 35.3 Å². The molecule has 0 radical (unpaired) electrons. The van der Waals surface area contributed by atoms with Crippen molar-refractivity contribution in [2.24, 2.45) is 17.8 Å². The fourth-order valence-corrected chi connectivity index (χ4v) is 14.4. The SMILES string of the molecule is CC(C)=CCCC1(C)C=Cc2c(c(CC=C(C)C)c3c(c2OC(=O)c2ccc(O[C@@H]4O[C@@H]5COC(C)(C)O[C@H]5[C@H](O)[C@H]4O)cc2)C(=O)C2C(NN4CCCCC4)C4CC5C(C)(C)OC(C/C=C(/C)C(=O)NN6CCCCC6)(C4=O)C25O3)O1. The second kappa shape index (κ2) is 22.3. The number of fused-ring (bicyclic) bond motifs is 3. The fraction of sp³-hybridized carbons (Fsp3) is 0.625. The minimum absolute atomic E-state index is 0.0246. The molecule has 1 spiro atoms. The number of ketones is 2. The van der Waals surface area contributed by atoms with Gasteiger partial charge in [-0.15, -0.1) is 0 Å². The first-order valence-electron chi connectivity index (χ1n) is 29.9. The van der Waals surface area contributed by atoms with Gasteiger partial charge in [0, 0.05) is 61.6 Å². The first-order valence-corrected chi connectivity index (χ1v) is 29.9. The van der Waals surface area contributed by atoms with Crippen LogP contribution in [0.15, 0.2) is 65.3 Å². The number of ether oxygens (including phenoxy) is 8. The van der Waals surface area contributed by atoms with Gasteiger partial charge in [0.1, 0.15) is 52.8 Å². The van der Waals surface area contributed by atoms with Crippen LogP contribution >= 0.6 is 0 Å². The van der Waals surface area contributed by atoms with Crippen LogP contribution in [0.2, 0.25) is 0 Å². The van der Waals surface area contributed by atoms with Crippen LogP contribution in [0.1, 0.15) is 165 Å². The van der Waals surface area contributed by atoms with E-state index in [0.717, 1.165) is 76.7 Å². The number of Topliss-reactive ketones (excluding diaryl/α,β-unsaturated/α-hetero) is 2. The molecular formula is C64H84N4O14. The van der Waals surface area contributed by atoms with Crippen LogP contribution in [-0.2, 0) is 35.0 Å². The predicted molar refractivity (Wildman–Crippen MR) is 304 cm³/mol. The number of rotatable bonds is 15. The molecule has 82 heavy (non-hydrogen) atoms. The Morgan fingerprint density at radius 3 is 2.20 bits per heavy atom. The van der Waals surface area contributed by atoms with Crippen LogP contribution in [0.25, 0.3) is 6.08 Å². The Balaban J connectivity index is 1.02. The first kappa shape index (κ1) is 58.5. The molecule has 1 amide bonds. The lowest BCUT2D eigenvalue weighted by Crippen LogP contribution is -2.82. The van der Waals surface area contributed by atoms with Crippen LogP contribution in [0, 0.1) is 17.8 Å². The quantitative estimate of drug-likeness (QED) is 0.0572. The molecule has 7 aliphatic heterocycles. The molecular weight excluding hydrogens is 1050 g/mol. The van der Waals surface area contributed by atoms with Gasteiger partial charge in [0.15, 0.2) is 34.3 Å². The van der Waals surface area contributed by atoms with Crippen LogP contribution in [0.3, 0.4) is 0 Å². The van der Waals surface area contributed by atoms with Gasteiger partial charge in [-0.2, -0.15) is 0 Å². The number of esters is 1. The number of piperidine rings is 2. The van der Waals surface area contributed by atoms with E-state index in [4.69, 9.17) is 37.9 Å². The topological polar surface area (TPSA) is 213 Å². The summed E-state index contributed by atoms with van der Waals surface area (Å²) in [5, 5.41) is 26.3. The predicted octanol–water partition coefficient (Wildman–Crippen LogP) is 8.21. The minimum atomic E-state index is -1.72. The molecule has 12 rings (SSSR count). The normalized spacial score (nSPS) is 34.3. The van der Waals surface area contributed by atoms with Crippen molar-refractivity contribution in [1.82, 2.24) is 20.9 Å². The maximum atomic E-state index is 16.8. The molecule has 2 aromatic carbocycles. The van der Waals surface area contributed by atoms with Crippen molar-refractivity contribution in [1.29, 1.82) is 0 Å². The van der Waals surface area contributed by atoms with E-state index in [-0.39, 0.29) is 65.3 Å². The number of carbonyl (C=O) groups is 4. The molecule has 7 unspecified atom stereocenters. The van der Waals surface area contributed by atoms with Gasteiger partial charge < -0.3 is 48.1 Å². The van der Waals surface area contributed by atoms with Gasteiger partial charge in [0.2, 0.25) is 6.29 Å². The number of hydrogen-bond donors (Lipinski definition) is 4. The van der Waals surface area contributed by atoms with Crippen molar-refractivity contribution in [3.63, 3.8) is 0 Å². The third-order valence-corrected chi connectivity index (χ3v) is 18.6. The Labute approximate surface area is 481 Å². The lowest BCUT2D eigenvalue weighted by molar-refractivity contribution is -0.373. The van der Waals surface area contributed by atoms with Crippen molar-refractivity contribution in [3.05, 3.63) is 87.5 Å². The highest BCUT2D eigenvalue weighted by molar-refractivity contribution is 6.11. The molecule has 4 N–H and O–H groups in total. The third kappa shape index (κ3) is 10.5. The molecule has 2 aromatic rings. The summed E-state index contributed by atoms with van der Waals surface area (Å²) in [7, 11) is 0. The van der Waals surface area contributed by atoms with E-state index < -0.39 is 88.7 Å². The lowest BCUT2D eigenvalue weighted by Gasteiger charge is -2.63. The molecule has 7 heterocycles. The lowest BCUT2D eigenvalue weighted by atomic mass is 9.45. The van der Waals surface area contributed by atoms with Gasteiger partial charge in [-0.1, -0.05) is 42.2 Å². The van der Waals surface area contributed by atoms with Crippen LogP contribution in [0.4, 0.5) is 0 Å². The Morgan fingerprint density at radius 1 is 0.829 bits per heavy atom. The minimum Gasteiger partial charge on any atom is -0.482 e. The number of hydrogen-bond acceptors (Lipinski definition) is 17. The average molecular weight is 1130 g/mol. The standard InChI is InChI=1S/C64H84N4O14/c1-36(2)18-17-27-62(10)28-26-42-52(80-62)41(24-19-37(3)4)54-46(53(42)78-58(74)39-20-22-40(23-21-39)76-59-51(71)50(70)55-44(77-59)35-75-61(8,9)79-55)49(69)47-48(65-67-30-13-11-14-31-67)43-34-45-60(6,7)82-63(56(43)72,64(45,47)81-54)29-25-38(5)57(73)66-68-32-15-12-16-33-68/h18-23,25-26,28,43-45,47-48,50-51,55,59,65,70-71H,11-17,24,27,29-35H2,1-10H3,(H,66,73)/b38-25-/t43?,44-,45?,47?,48?,50-,51-,55-,59-,62?,63?,64?/m1/s1. The number of nitrogens with zero attached hydrogens (tertiary/aromatic N) is 2. The Hall–Kier alpha value is -5.28. The number of allylic oxidation sites excluding steroid dienone is 4. The van der Waals surface area contributed by atoms with Crippen molar-refractivity contribution in [2.45, 2.75) is 205 Å². The number of aliphatic hydroxyl groups excluding tert-OH is 2. The first-order chi connectivity index (χ1) is 38.9. The third-order valence-electron chi connectivity index (χ3n) is 18.6. The highest BCUT2D eigenvalue weighted by Gasteiger charge is 2.85. The molecule has 8 fully saturated rings. The molecule has 444 valence electrons. The van der Waals surface area contributed by atoms with Gasteiger partial charge in [-0.25, -0.2) is 14.8 Å².